The number of ether oxygens (including phenoxy) is 1. The van der Waals surface area contributed by atoms with Crippen LogP contribution in [-0.2, 0) is 14.3 Å². The molecule has 2 N–H and O–H groups in total. The quantitative estimate of drug-likeness (QED) is 0.534. The molecule has 3 amide bonds. The molecule has 8 heteroatoms. The molecular weight excluding hydrogens is 450 g/mol. The Bertz CT molecular complexity index is 976. The van der Waals surface area contributed by atoms with E-state index in [1.54, 1.807) is 39.6 Å². The maximum atomic E-state index is 13.6. The van der Waals surface area contributed by atoms with Crippen molar-refractivity contribution < 1.29 is 19.1 Å². The van der Waals surface area contributed by atoms with Gasteiger partial charge in [-0.25, -0.2) is 4.79 Å². The minimum atomic E-state index is -0.884. The first-order valence-corrected chi connectivity index (χ1v) is 12.6. The predicted molar refractivity (Wildman–Crippen MR) is 138 cm³/mol. The number of nitrogens with zero attached hydrogens (tertiary/aromatic N) is 1. The third kappa shape index (κ3) is 8.09. The number of benzene rings is 2. The molecule has 0 spiro atoms. The zero-order valence-corrected chi connectivity index (χ0v) is 21.6. The van der Waals surface area contributed by atoms with Gasteiger partial charge in [0, 0.05) is 12.7 Å². The Morgan fingerprint density at radius 2 is 1.65 bits per heavy atom. The van der Waals surface area contributed by atoms with Crippen LogP contribution in [0.5, 0.6) is 0 Å². The molecule has 0 aliphatic heterocycles. The van der Waals surface area contributed by atoms with Crippen molar-refractivity contribution in [2.24, 2.45) is 0 Å². The number of anilines is 1. The Kier molecular flexibility index (Phi) is 9.98. The molecule has 2 unspecified atom stereocenters. The summed E-state index contributed by atoms with van der Waals surface area (Å²) in [5, 5.41) is 5.65. The Balaban J connectivity index is 2.32. The lowest BCUT2D eigenvalue weighted by atomic mass is 10.0. The van der Waals surface area contributed by atoms with Crippen molar-refractivity contribution in [3.63, 3.8) is 0 Å². The van der Waals surface area contributed by atoms with E-state index < -0.39 is 23.8 Å². The number of carbonyl (C=O) groups excluding carboxylic acids is 3. The normalized spacial score (nSPS) is 12.9. The molecule has 7 nitrogen and oxygen atoms in total. The fourth-order valence-corrected chi connectivity index (χ4v) is 3.89. The van der Waals surface area contributed by atoms with Crippen LogP contribution in [0.1, 0.15) is 44.4 Å². The first-order valence-electron chi connectivity index (χ1n) is 11.2. The fraction of sp³-hybridized carbons (Fsp3) is 0.423. The third-order valence-corrected chi connectivity index (χ3v) is 5.75. The first-order chi connectivity index (χ1) is 16.0. The van der Waals surface area contributed by atoms with Gasteiger partial charge in [0.05, 0.1) is 0 Å². The number of carbonyl (C=O) groups is 3. The Labute approximate surface area is 206 Å². The van der Waals surface area contributed by atoms with Crippen LogP contribution in [0.3, 0.4) is 0 Å². The van der Waals surface area contributed by atoms with Gasteiger partial charge in [-0.3, -0.25) is 9.59 Å². The van der Waals surface area contributed by atoms with E-state index in [-0.39, 0.29) is 11.8 Å². The molecule has 2 rings (SSSR count). The number of amides is 3. The van der Waals surface area contributed by atoms with Gasteiger partial charge in [0.1, 0.15) is 17.7 Å². The molecule has 0 radical (unpaired) electrons. The molecule has 0 fully saturated rings. The fourth-order valence-electron chi connectivity index (χ4n) is 3.42. The largest absolute Gasteiger partial charge is 0.444 e. The second-order valence-corrected chi connectivity index (χ2v) is 10.0. The van der Waals surface area contributed by atoms with Crippen molar-refractivity contribution in [1.82, 2.24) is 10.2 Å². The Hall–Kier alpha value is -3.00. The highest BCUT2D eigenvalue weighted by atomic mass is 32.2. The summed E-state index contributed by atoms with van der Waals surface area (Å²) >= 11 is 1.57. The van der Waals surface area contributed by atoms with E-state index >= 15 is 0 Å². The van der Waals surface area contributed by atoms with Crippen LogP contribution in [-0.4, -0.2) is 53.5 Å². The van der Waals surface area contributed by atoms with Gasteiger partial charge >= 0.3 is 6.09 Å². The van der Waals surface area contributed by atoms with Crippen LogP contribution in [0.2, 0.25) is 0 Å². The summed E-state index contributed by atoms with van der Waals surface area (Å²) in [6.07, 6.45) is 1.67. The SMILES string of the molecule is CSCCC(NC(=O)OC(C)(C)C)C(=O)N(C)C(C(=O)Nc1ccccc1C)c1ccccc1. The van der Waals surface area contributed by atoms with Crippen molar-refractivity contribution in [2.75, 3.05) is 24.4 Å². The topological polar surface area (TPSA) is 87.7 Å². The van der Waals surface area contributed by atoms with Crippen molar-refractivity contribution in [3.05, 3.63) is 65.7 Å². The first kappa shape index (κ1) is 27.2. The summed E-state index contributed by atoms with van der Waals surface area (Å²) in [7, 11) is 1.58. The van der Waals surface area contributed by atoms with Crippen LogP contribution in [0, 0.1) is 6.92 Å². The number of para-hydroxylation sites is 1. The highest BCUT2D eigenvalue weighted by Gasteiger charge is 2.34. The molecule has 0 aliphatic carbocycles. The van der Waals surface area contributed by atoms with Crippen LogP contribution in [0.25, 0.3) is 0 Å². The second kappa shape index (κ2) is 12.5. The standard InChI is InChI=1S/C26H35N3O4S/c1-18-12-10-11-15-20(18)27-23(30)22(19-13-8-7-9-14-19)29(5)24(31)21(16-17-34-6)28-25(32)33-26(2,3)4/h7-15,21-22H,16-17H2,1-6H3,(H,27,30)(H,28,32). The Morgan fingerprint density at radius 1 is 1.03 bits per heavy atom. The van der Waals surface area contributed by atoms with Crippen molar-refractivity contribution in [2.45, 2.75) is 51.8 Å². The molecule has 0 bridgehead atoms. The van der Waals surface area contributed by atoms with Gasteiger partial charge in [0.2, 0.25) is 5.91 Å². The third-order valence-electron chi connectivity index (χ3n) is 5.10. The molecule has 0 heterocycles. The molecule has 0 aromatic heterocycles. The highest BCUT2D eigenvalue weighted by Crippen LogP contribution is 2.24. The number of hydrogen-bond donors (Lipinski definition) is 2. The number of hydrogen-bond acceptors (Lipinski definition) is 5. The van der Waals surface area contributed by atoms with Gasteiger partial charge in [0.15, 0.2) is 0 Å². The summed E-state index contributed by atoms with van der Waals surface area (Å²) in [6.45, 7) is 7.20. The summed E-state index contributed by atoms with van der Waals surface area (Å²) in [5.41, 5.74) is 1.58. The minimum Gasteiger partial charge on any atom is -0.444 e. The predicted octanol–water partition coefficient (Wildman–Crippen LogP) is 4.78. The number of alkyl carbamates (subject to hydrolysis) is 1. The van der Waals surface area contributed by atoms with E-state index in [1.807, 2.05) is 67.8 Å². The van der Waals surface area contributed by atoms with Crippen LogP contribution in [0.4, 0.5) is 10.5 Å². The summed E-state index contributed by atoms with van der Waals surface area (Å²) in [4.78, 5) is 40.8. The molecule has 0 saturated carbocycles. The average Bonchev–Trinajstić information content (AvgIpc) is 2.77. The van der Waals surface area contributed by atoms with E-state index in [9.17, 15) is 14.4 Å². The van der Waals surface area contributed by atoms with Crippen LogP contribution < -0.4 is 10.6 Å². The molecule has 2 aromatic rings. The van der Waals surface area contributed by atoms with Gasteiger partial charge in [-0.05, 0) is 63.3 Å². The van der Waals surface area contributed by atoms with Gasteiger partial charge in [-0.1, -0.05) is 48.5 Å². The van der Waals surface area contributed by atoms with Gasteiger partial charge in [-0.15, -0.1) is 0 Å². The van der Waals surface area contributed by atoms with Gasteiger partial charge in [-0.2, -0.15) is 11.8 Å². The maximum Gasteiger partial charge on any atom is 0.408 e. The van der Waals surface area contributed by atoms with Crippen molar-refractivity contribution >= 4 is 35.4 Å². The average molecular weight is 486 g/mol. The van der Waals surface area contributed by atoms with E-state index in [0.29, 0.717) is 23.4 Å². The molecule has 2 aromatic carbocycles. The van der Waals surface area contributed by atoms with E-state index in [2.05, 4.69) is 10.6 Å². The zero-order valence-electron chi connectivity index (χ0n) is 20.8. The van der Waals surface area contributed by atoms with E-state index in [4.69, 9.17) is 4.74 Å². The van der Waals surface area contributed by atoms with Crippen LogP contribution in [0.15, 0.2) is 54.6 Å². The summed E-state index contributed by atoms with van der Waals surface area (Å²) < 4.78 is 5.36. The molecule has 2 atom stereocenters. The van der Waals surface area contributed by atoms with Gasteiger partial charge in [0.25, 0.3) is 5.91 Å². The number of nitrogens with one attached hydrogen (secondary N) is 2. The Morgan fingerprint density at radius 3 is 2.24 bits per heavy atom. The summed E-state index contributed by atoms with van der Waals surface area (Å²) in [6, 6.07) is 14.9. The number of aryl methyl sites for hydroxylation is 1. The van der Waals surface area contributed by atoms with Gasteiger partial charge < -0.3 is 20.3 Å². The molecular formula is C26H35N3O4S. The lowest BCUT2D eigenvalue weighted by molar-refractivity contribution is -0.139. The molecule has 0 aliphatic rings. The monoisotopic (exact) mass is 485 g/mol. The lowest BCUT2D eigenvalue weighted by Gasteiger charge is -2.31. The molecule has 34 heavy (non-hydrogen) atoms. The number of thioether (sulfide) groups is 1. The van der Waals surface area contributed by atoms with Crippen molar-refractivity contribution in [3.8, 4) is 0 Å². The van der Waals surface area contributed by atoms with E-state index in [1.165, 1.54) is 4.90 Å². The zero-order chi connectivity index (χ0) is 25.3. The van der Waals surface area contributed by atoms with Crippen LogP contribution >= 0.6 is 11.8 Å². The molecule has 184 valence electrons. The van der Waals surface area contributed by atoms with Crippen molar-refractivity contribution in [1.29, 1.82) is 0 Å². The maximum absolute atomic E-state index is 13.6. The number of likely N-dealkylation sites (N-methyl/N-ethyl adjacent to an activating group) is 1. The molecule has 0 saturated heterocycles. The smallest absolute Gasteiger partial charge is 0.408 e. The minimum absolute atomic E-state index is 0.336. The lowest BCUT2D eigenvalue weighted by Crippen LogP contribution is -2.51. The highest BCUT2D eigenvalue weighted by molar-refractivity contribution is 7.98. The number of rotatable bonds is 9. The summed E-state index contributed by atoms with van der Waals surface area (Å²) in [5.74, 6) is -0.0447. The van der Waals surface area contributed by atoms with E-state index in [0.717, 1.165) is 5.56 Å². The second-order valence-electron chi connectivity index (χ2n) is 9.05.